The van der Waals surface area contributed by atoms with Crippen molar-refractivity contribution in [3.05, 3.63) is 0 Å². The lowest BCUT2D eigenvalue weighted by Crippen LogP contribution is -2.43. The third-order valence-electron chi connectivity index (χ3n) is 5.69. The van der Waals surface area contributed by atoms with Gasteiger partial charge < -0.3 is 20.1 Å². The van der Waals surface area contributed by atoms with Gasteiger partial charge in [0.2, 0.25) is 0 Å². The first kappa shape index (κ1) is 18.1. The van der Waals surface area contributed by atoms with Crippen LogP contribution in [0.25, 0.3) is 0 Å². The smallest absolute Gasteiger partial charge is 0.194 e. The molecule has 5 unspecified atom stereocenters. The van der Waals surface area contributed by atoms with Crippen LogP contribution in [-0.2, 0) is 4.74 Å². The van der Waals surface area contributed by atoms with E-state index in [1.165, 1.54) is 12.8 Å². The van der Waals surface area contributed by atoms with E-state index in [0.717, 1.165) is 43.5 Å². The number of likely N-dealkylation sites (tertiary alicyclic amines) is 1. The number of nitrogens with one attached hydrogen (secondary N) is 1. The molecule has 4 aliphatic heterocycles. The molecule has 4 fully saturated rings. The molecule has 0 aliphatic carbocycles. The number of rotatable bonds is 3. The molecule has 0 saturated carbocycles. The third-order valence-corrected chi connectivity index (χ3v) is 6.93. The van der Waals surface area contributed by atoms with E-state index in [0.29, 0.717) is 30.6 Å². The Morgan fingerprint density at radius 2 is 2.04 bits per heavy atom. The van der Waals surface area contributed by atoms with Gasteiger partial charge in [0.05, 0.1) is 24.4 Å². The summed E-state index contributed by atoms with van der Waals surface area (Å²) < 4.78 is 6.05. The van der Waals surface area contributed by atoms with Gasteiger partial charge in [-0.1, -0.05) is 0 Å². The molecule has 0 radical (unpaired) electrons. The van der Waals surface area contributed by atoms with Crippen LogP contribution in [0.15, 0.2) is 4.99 Å². The fourth-order valence-electron chi connectivity index (χ4n) is 4.50. The first-order chi connectivity index (χ1) is 10.7. The molecule has 132 valence electrons. The summed E-state index contributed by atoms with van der Waals surface area (Å²) in [4.78, 5) is 7.18. The molecule has 4 aliphatic rings. The number of fused-ring (bicyclic) bond motifs is 5. The van der Waals surface area contributed by atoms with E-state index in [4.69, 9.17) is 9.73 Å². The summed E-state index contributed by atoms with van der Waals surface area (Å²) in [5.74, 6) is 4.23. The van der Waals surface area contributed by atoms with Gasteiger partial charge in [0.25, 0.3) is 0 Å². The molecule has 4 rings (SSSR count). The standard InChI is InChI=1S/C16H27N3O2S.HI/c1-2-17-15(18-9-16(20)5-6-22-10-16)19-7-11-12(8-19)14-4-3-13(11)21-14;/h11-14,20H,2-10H2,1H3,(H,17,18);1H. The largest absolute Gasteiger partial charge is 0.387 e. The molecule has 2 bridgehead atoms. The van der Waals surface area contributed by atoms with Gasteiger partial charge in [-0.3, -0.25) is 4.99 Å². The lowest BCUT2D eigenvalue weighted by Gasteiger charge is -2.25. The van der Waals surface area contributed by atoms with Crippen LogP contribution >= 0.6 is 35.7 Å². The maximum atomic E-state index is 10.5. The quantitative estimate of drug-likeness (QED) is 0.386. The minimum Gasteiger partial charge on any atom is -0.387 e. The van der Waals surface area contributed by atoms with Crippen LogP contribution in [0.3, 0.4) is 0 Å². The molecule has 5 atom stereocenters. The summed E-state index contributed by atoms with van der Waals surface area (Å²) in [6.07, 6.45) is 4.31. The highest BCUT2D eigenvalue weighted by Crippen LogP contribution is 2.47. The number of nitrogens with zero attached hydrogens (tertiary/aromatic N) is 2. The van der Waals surface area contributed by atoms with Crippen molar-refractivity contribution in [3.8, 4) is 0 Å². The molecule has 0 spiro atoms. The van der Waals surface area contributed by atoms with Crippen molar-refractivity contribution in [1.82, 2.24) is 10.2 Å². The van der Waals surface area contributed by atoms with Crippen LogP contribution in [0.4, 0.5) is 0 Å². The van der Waals surface area contributed by atoms with Crippen LogP contribution in [0.2, 0.25) is 0 Å². The second-order valence-corrected chi connectivity index (χ2v) is 8.33. The Balaban J connectivity index is 0.00000156. The van der Waals surface area contributed by atoms with Crippen LogP contribution < -0.4 is 5.32 Å². The second-order valence-electron chi connectivity index (χ2n) is 7.22. The summed E-state index contributed by atoms with van der Waals surface area (Å²) in [6, 6.07) is 0. The number of thioether (sulfide) groups is 1. The van der Waals surface area contributed by atoms with Gasteiger partial charge in [0, 0.05) is 37.2 Å². The first-order valence-corrected chi connectivity index (χ1v) is 9.83. The normalized spacial score (nSPS) is 42.0. The molecular weight excluding hydrogens is 425 g/mol. The van der Waals surface area contributed by atoms with Crippen molar-refractivity contribution in [3.63, 3.8) is 0 Å². The van der Waals surface area contributed by atoms with E-state index in [1.807, 2.05) is 11.8 Å². The van der Waals surface area contributed by atoms with Crippen molar-refractivity contribution in [2.24, 2.45) is 16.8 Å². The SMILES string of the molecule is CCNC(=NCC1(O)CCSC1)N1CC2C3CCC(O3)C2C1.I. The highest BCUT2D eigenvalue weighted by atomic mass is 127. The topological polar surface area (TPSA) is 57.1 Å². The van der Waals surface area contributed by atoms with Gasteiger partial charge in [-0.2, -0.15) is 11.8 Å². The zero-order chi connectivity index (χ0) is 15.2. The molecule has 5 nitrogen and oxygen atoms in total. The van der Waals surface area contributed by atoms with Crippen LogP contribution in [0, 0.1) is 11.8 Å². The lowest BCUT2D eigenvalue weighted by molar-refractivity contribution is 0.0743. The number of aliphatic imine (C=N–C) groups is 1. The van der Waals surface area contributed by atoms with E-state index in [2.05, 4.69) is 17.1 Å². The summed E-state index contributed by atoms with van der Waals surface area (Å²) in [7, 11) is 0. The Hall–Kier alpha value is 0.270. The summed E-state index contributed by atoms with van der Waals surface area (Å²) in [5.41, 5.74) is -0.594. The molecule has 0 aromatic rings. The number of hydrogen-bond acceptors (Lipinski definition) is 4. The Labute approximate surface area is 160 Å². The van der Waals surface area contributed by atoms with E-state index in [9.17, 15) is 5.11 Å². The van der Waals surface area contributed by atoms with Crippen molar-refractivity contribution in [1.29, 1.82) is 0 Å². The average Bonchev–Trinajstić information content (AvgIpc) is 3.24. The molecule has 0 aromatic carbocycles. The first-order valence-electron chi connectivity index (χ1n) is 8.67. The minimum atomic E-state index is -0.594. The van der Waals surface area contributed by atoms with E-state index in [1.54, 1.807) is 0 Å². The molecule has 4 saturated heterocycles. The van der Waals surface area contributed by atoms with Crippen LogP contribution in [0.5, 0.6) is 0 Å². The Kier molecular flexibility index (Phi) is 5.70. The maximum absolute atomic E-state index is 10.5. The zero-order valence-corrected chi connectivity index (χ0v) is 16.9. The van der Waals surface area contributed by atoms with Crippen LogP contribution in [-0.4, -0.2) is 71.5 Å². The lowest BCUT2D eigenvalue weighted by atomic mass is 9.82. The minimum absolute atomic E-state index is 0. The van der Waals surface area contributed by atoms with E-state index < -0.39 is 5.60 Å². The molecular formula is C16H28IN3O2S. The number of halogens is 1. The summed E-state index contributed by atoms with van der Waals surface area (Å²) >= 11 is 1.83. The zero-order valence-electron chi connectivity index (χ0n) is 13.7. The molecule has 4 heterocycles. The average molecular weight is 453 g/mol. The highest BCUT2D eigenvalue weighted by molar-refractivity contribution is 14.0. The number of hydrogen-bond donors (Lipinski definition) is 2. The van der Waals surface area contributed by atoms with Gasteiger partial charge >= 0.3 is 0 Å². The maximum Gasteiger partial charge on any atom is 0.194 e. The van der Waals surface area contributed by atoms with E-state index in [-0.39, 0.29) is 24.0 Å². The summed E-state index contributed by atoms with van der Waals surface area (Å²) in [6.45, 7) is 5.63. The number of guanidine groups is 1. The second kappa shape index (κ2) is 7.25. The Bertz CT molecular complexity index is 441. The number of ether oxygens (including phenoxy) is 1. The highest BCUT2D eigenvalue weighted by Gasteiger charge is 2.53. The fourth-order valence-corrected chi connectivity index (χ4v) is 5.79. The van der Waals surface area contributed by atoms with Crippen molar-refractivity contribution >= 4 is 41.7 Å². The molecule has 0 aromatic heterocycles. The summed E-state index contributed by atoms with van der Waals surface area (Å²) in [5, 5.41) is 13.9. The van der Waals surface area contributed by atoms with Crippen molar-refractivity contribution in [2.75, 3.05) is 37.7 Å². The predicted molar refractivity (Wildman–Crippen MR) is 105 cm³/mol. The van der Waals surface area contributed by atoms with Crippen molar-refractivity contribution in [2.45, 2.75) is 44.0 Å². The molecule has 7 heteroatoms. The van der Waals surface area contributed by atoms with Gasteiger partial charge in [-0.05, 0) is 31.9 Å². The van der Waals surface area contributed by atoms with Gasteiger partial charge in [0.15, 0.2) is 5.96 Å². The fraction of sp³-hybridized carbons (Fsp3) is 0.938. The predicted octanol–water partition coefficient (Wildman–Crippen LogP) is 1.55. The van der Waals surface area contributed by atoms with Gasteiger partial charge in [0.1, 0.15) is 0 Å². The molecule has 23 heavy (non-hydrogen) atoms. The molecule has 2 N–H and O–H groups in total. The van der Waals surface area contributed by atoms with E-state index >= 15 is 0 Å². The Morgan fingerprint density at radius 3 is 2.61 bits per heavy atom. The monoisotopic (exact) mass is 453 g/mol. The van der Waals surface area contributed by atoms with Crippen LogP contribution in [0.1, 0.15) is 26.2 Å². The van der Waals surface area contributed by atoms with Gasteiger partial charge in [-0.15, -0.1) is 24.0 Å². The molecule has 0 amide bonds. The Morgan fingerprint density at radius 1 is 1.35 bits per heavy atom. The third kappa shape index (κ3) is 3.48. The van der Waals surface area contributed by atoms with Crippen molar-refractivity contribution < 1.29 is 9.84 Å². The number of aliphatic hydroxyl groups is 1. The van der Waals surface area contributed by atoms with Gasteiger partial charge in [-0.25, -0.2) is 0 Å².